The molecule has 184 valence electrons. The SMILES string of the molecule is CCOc1ccc(C2CC(=O)N(c3ccc(OCC)cc3)C3=C2C(=O)CC(c2ccccc2)C3)cc1. The highest BCUT2D eigenvalue weighted by Crippen LogP contribution is 2.47. The first-order chi connectivity index (χ1) is 17.6. The van der Waals surface area contributed by atoms with Crippen LogP contribution in [0, 0.1) is 0 Å². The summed E-state index contributed by atoms with van der Waals surface area (Å²) in [7, 11) is 0. The summed E-state index contributed by atoms with van der Waals surface area (Å²) in [4.78, 5) is 29.2. The third-order valence-electron chi connectivity index (χ3n) is 7.00. The molecular weight excluding hydrogens is 450 g/mol. The second kappa shape index (κ2) is 10.4. The van der Waals surface area contributed by atoms with Gasteiger partial charge in [0.05, 0.1) is 13.2 Å². The van der Waals surface area contributed by atoms with Crippen molar-refractivity contribution in [1.29, 1.82) is 0 Å². The first-order valence-electron chi connectivity index (χ1n) is 12.7. The molecule has 5 heteroatoms. The second-order valence-electron chi connectivity index (χ2n) is 9.21. The van der Waals surface area contributed by atoms with E-state index in [9.17, 15) is 9.59 Å². The molecule has 0 fully saturated rings. The highest BCUT2D eigenvalue weighted by molar-refractivity contribution is 6.08. The van der Waals surface area contributed by atoms with Crippen LogP contribution in [-0.2, 0) is 9.59 Å². The van der Waals surface area contributed by atoms with Crippen molar-refractivity contribution in [2.75, 3.05) is 18.1 Å². The molecule has 36 heavy (non-hydrogen) atoms. The van der Waals surface area contributed by atoms with Gasteiger partial charge in [0.2, 0.25) is 5.91 Å². The number of carbonyl (C=O) groups excluding carboxylic acids is 2. The number of anilines is 1. The van der Waals surface area contributed by atoms with Gasteiger partial charge in [-0.25, -0.2) is 0 Å². The molecule has 0 spiro atoms. The summed E-state index contributed by atoms with van der Waals surface area (Å²) in [5, 5.41) is 0. The van der Waals surface area contributed by atoms with Gasteiger partial charge in [-0.2, -0.15) is 0 Å². The Morgan fingerprint density at radius 1 is 0.722 bits per heavy atom. The third-order valence-corrected chi connectivity index (χ3v) is 7.00. The minimum absolute atomic E-state index is 0.00157. The Balaban J connectivity index is 1.58. The zero-order valence-electron chi connectivity index (χ0n) is 20.8. The molecule has 0 aromatic heterocycles. The van der Waals surface area contributed by atoms with Crippen LogP contribution in [0.5, 0.6) is 11.5 Å². The third kappa shape index (κ3) is 4.66. The number of benzene rings is 3. The van der Waals surface area contributed by atoms with Gasteiger partial charge in [-0.15, -0.1) is 0 Å². The van der Waals surface area contributed by atoms with Gasteiger partial charge in [0.1, 0.15) is 11.5 Å². The monoisotopic (exact) mass is 481 g/mol. The van der Waals surface area contributed by atoms with Gasteiger partial charge in [0.15, 0.2) is 5.78 Å². The van der Waals surface area contributed by atoms with Crippen LogP contribution >= 0.6 is 0 Å². The predicted octanol–water partition coefficient (Wildman–Crippen LogP) is 6.41. The molecule has 3 aromatic carbocycles. The van der Waals surface area contributed by atoms with E-state index in [1.165, 1.54) is 0 Å². The van der Waals surface area contributed by atoms with Crippen LogP contribution in [0.4, 0.5) is 5.69 Å². The van der Waals surface area contributed by atoms with Crippen molar-refractivity contribution in [2.24, 2.45) is 0 Å². The number of rotatable bonds is 7. The summed E-state index contributed by atoms with van der Waals surface area (Å²) in [5.41, 5.74) is 4.44. The van der Waals surface area contributed by atoms with E-state index < -0.39 is 0 Å². The summed E-state index contributed by atoms with van der Waals surface area (Å²) in [6, 6.07) is 25.5. The van der Waals surface area contributed by atoms with E-state index in [1.807, 2.05) is 80.6 Å². The van der Waals surface area contributed by atoms with E-state index in [0.717, 1.165) is 39.6 Å². The van der Waals surface area contributed by atoms with Crippen LogP contribution in [0.2, 0.25) is 0 Å². The molecule has 3 aromatic rings. The number of hydrogen-bond donors (Lipinski definition) is 0. The molecule has 1 aliphatic carbocycles. The van der Waals surface area contributed by atoms with Crippen molar-refractivity contribution < 1.29 is 19.1 Å². The average Bonchev–Trinajstić information content (AvgIpc) is 2.90. The molecule has 2 unspecified atom stereocenters. The fourth-order valence-corrected chi connectivity index (χ4v) is 5.40. The Morgan fingerprint density at radius 3 is 1.94 bits per heavy atom. The van der Waals surface area contributed by atoms with E-state index in [2.05, 4.69) is 12.1 Å². The molecule has 1 amide bonds. The predicted molar refractivity (Wildman–Crippen MR) is 141 cm³/mol. The highest BCUT2D eigenvalue weighted by Gasteiger charge is 2.42. The molecule has 5 nitrogen and oxygen atoms in total. The number of amides is 1. The number of allylic oxidation sites excluding steroid dienone is 2. The van der Waals surface area contributed by atoms with Crippen LogP contribution in [0.25, 0.3) is 0 Å². The Bertz CT molecular complexity index is 1260. The van der Waals surface area contributed by atoms with Crippen molar-refractivity contribution in [3.8, 4) is 11.5 Å². The molecule has 5 rings (SSSR count). The van der Waals surface area contributed by atoms with E-state index in [1.54, 1.807) is 4.90 Å². The van der Waals surface area contributed by atoms with Gasteiger partial charge < -0.3 is 9.47 Å². The van der Waals surface area contributed by atoms with Gasteiger partial charge in [-0.1, -0.05) is 42.5 Å². The van der Waals surface area contributed by atoms with E-state index >= 15 is 0 Å². The van der Waals surface area contributed by atoms with Gasteiger partial charge >= 0.3 is 0 Å². The molecule has 1 heterocycles. The van der Waals surface area contributed by atoms with Gasteiger partial charge in [0.25, 0.3) is 0 Å². The molecule has 0 saturated heterocycles. The lowest BCUT2D eigenvalue weighted by atomic mass is 9.72. The number of carbonyl (C=O) groups is 2. The van der Waals surface area contributed by atoms with E-state index in [-0.39, 0.29) is 29.9 Å². The summed E-state index contributed by atoms with van der Waals surface area (Å²) in [5.74, 6) is 1.44. The number of ketones is 1. The Labute approximate surface area is 212 Å². The van der Waals surface area contributed by atoms with Crippen molar-refractivity contribution in [1.82, 2.24) is 0 Å². The summed E-state index contributed by atoms with van der Waals surface area (Å²) in [6.07, 6.45) is 1.33. The van der Waals surface area contributed by atoms with Crippen molar-refractivity contribution in [3.05, 3.63) is 101 Å². The minimum Gasteiger partial charge on any atom is -0.494 e. The zero-order valence-corrected chi connectivity index (χ0v) is 20.8. The summed E-state index contributed by atoms with van der Waals surface area (Å²) >= 11 is 0. The van der Waals surface area contributed by atoms with E-state index in [4.69, 9.17) is 9.47 Å². The van der Waals surface area contributed by atoms with Crippen molar-refractivity contribution in [2.45, 2.75) is 44.9 Å². The van der Waals surface area contributed by atoms with Gasteiger partial charge in [-0.05, 0) is 73.7 Å². The average molecular weight is 482 g/mol. The maximum Gasteiger partial charge on any atom is 0.232 e. The molecule has 1 aliphatic heterocycles. The van der Waals surface area contributed by atoms with E-state index in [0.29, 0.717) is 26.1 Å². The zero-order chi connectivity index (χ0) is 25.1. The van der Waals surface area contributed by atoms with Crippen LogP contribution in [0.1, 0.15) is 56.1 Å². The molecule has 0 radical (unpaired) electrons. The number of ether oxygens (including phenoxy) is 2. The molecule has 0 bridgehead atoms. The topological polar surface area (TPSA) is 55.8 Å². The lowest BCUT2D eigenvalue weighted by Gasteiger charge is -2.40. The normalized spacial score (nSPS) is 19.8. The highest BCUT2D eigenvalue weighted by atomic mass is 16.5. The minimum atomic E-state index is -0.258. The number of Topliss-reactive ketones (excluding diaryl/α,β-unsaturated/α-hetero) is 1. The first kappa shape index (κ1) is 23.9. The lowest BCUT2D eigenvalue weighted by molar-refractivity contribution is -0.120. The fraction of sp³-hybridized carbons (Fsp3) is 0.290. The van der Waals surface area contributed by atoms with Crippen LogP contribution in [-0.4, -0.2) is 24.9 Å². The molecular formula is C31H31NO4. The molecule has 0 N–H and O–H groups in total. The van der Waals surface area contributed by atoms with Crippen LogP contribution in [0.15, 0.2) is 90.1 Å². The van der Waals surface area contributed by atoms with Crippen molar-refractivity contribution >= 4 is 17.4 Å². The Hall–Kier alpha value is -3.86. The molecule has 2 atom stereocenters. The smallest absolute Gasteiger partial charge is 0.232 e. The second-order valence-corrected chi connectivity index (χ2v) is 9.21. The summed E-state index contributed by atoms with van der Waals surface area (Å²) < 4.78 is 11.2. The number of nitrogens with zero attached hydrogens (tertiary/aromatic N) is 1. The van der Waals surface area contributed by atoms with Gasteiger partial charge in [0, 0.05) is 35.7 Å². The lowest BCUT2D eigenvalue weighted by Crippen LogP contribution is -2.41. The molecule has 2 aliphatic rings. The fourth-order valence-electron chi connectivity index (χ4n) is 5.40. The largest absolute Gasteiger partial charge is 0.494 e. The first-order valence-corrected chi connectivity index (χ1v) is 12.7. The Morgan fingerprint density at radius 2 is 1.33 bits per heavy atom. The summed E-state index contributed by atoms with van der Waals surface area (Å²) in [6.45, 7) is 5.06. The van der Waals surface area contributed by atoms with Crippen molar-refractivity contribution in [3.63, 3.8) is 0 Å². The maximum atomic E-state index is 13.7. The molecule has 0 saturated carbocycles. The quantitative estimate of drug-likeness (QED) is 0.392. The number of hydrogen-bond acceptors (Lipinski definition) is 4. The van der Waals surface area contributed by atoms with Crippen LogP contribution in [0.3, 0.4) is 0 Å². The maximum absolute atomic E-state index is 13.7. The standard InChI is InChI=1S/C31H31NO4/c1-3-35-25-14-10-22(11-15-25)27-20-30(34)32(24-12-16-26(17-13-24)36-4-2)28-18-23(19-29(33)31(27)28)21-8-6-5-7-9-21/h5-17,23,27H,3-4,18-20H2,1-2H3. The van der Waals surface area contributed by atoms with Gasteiger partial charge in [-0.3, -0.25) is 14.5 Å². The van der Waals surface area contributed by atoms with Crippen LogP contribution < -0.4 is 14.4 Å². The Kier molecular flexibility index (Phi) is 6.90.